The van der Waals surface area contributed by atoms with E-state index in [0.29, 0.717) is 6.42 Å². The number of thioether (sulfide) groups is 1. The summed E-state index contributed by atoms with van der Waals surface area (Å²) in [6.07, 6.45) is 3.82. The van der Waals surface area contributed by atoms with Crippen LogP contribution in [0.1, 0.15) is 18.4 Å². The third-order valence-corrected chi connectivity index (χ3v) is 3.81. The van der Waals surface area contributed by atoms with Gasteiger partial charge in [-0.2, -0.15) is 0 Å². The fourth-order valence-corrected chi connectivity index (χ4v) is 2.68. The van der Waals surface area contributed by atoms with Crippen molar-refractivity contribution in [1.82, 2.24) is 5.32 Å². The molecule has 1 fully saturated rings. The average molecular weight is 261 g/mol. The molecule has 17 heavy (non-hydrogen) atoms. The number of benzene rings is 1. The largest absolute Gasteiger partial charge is 0.314 e. The van der Waals surface area contributed by atoms with Gasteiger partial charge >= 0.3 is 0 Å². The van der Waals surface area contributed by atoms with Gasteiger partial charge in [0.05, 0.1) is 4.90 Å². The van der Waals surface area contributed by atoms with E-state index in [0.717, 1.165) is 37.2 Å². The van der Waals surface area contributed by atoms with Crippen LogP contribution in [0.3, 0.4) is 0 Å². The molecule has 1 heterocycles. The van der Waals surface area contributed by atoms with Gasteiger partial charge in [0.2, 0.25) is 0 Å². The topological polar surface area (TPSA) is 12.0 Å². The molecule has 0 aromatic heterocycles. The molecule has 1 aliphatic rings. The summed E-state index contributed by atoms with van der Waals surface area (Å²) < 4.78 is 40.8. The number of nitrogens with one attached hydrogen (secondary N) is 1. The lowest BCUT2D eigenvalue weighted by molar-refractivity contribution is 0.452. The van der Waals surface area contributed by atoms with Gasteiger partial charge in [-0.25, -0.2) is 13.2 Å². The minimum atomic E-state index is -1.06. The normalized spacial score (nSPS) is 19.9. The Balaban J connectivity index is 2.28. The first-order valence-corrected chi connectivity index (χ1v) is 6.79. The molecule has 1 aromatic rings. The van der Waals surface area contributed by atoms with E-state index in [4.69, 9.17) is 0 Å². The molecule has 1 N–H and O–H groups in total. The highest BCUT2D eigenvalue weighted by Gasteiger charge is 2.22. The molecule has 0 amide bonds. The van der Waals surface area contributed by atoms with E-state index in [1.54, 1.807) is 0 Å². The molecule has 0 bridgehead atoms. The Bertz CT molecular complexity index is 417. The quantitative estimate of drug-likeness (QED) is 0.662. The van der Waals surface area contributed by atoms with Crippen LogP contribution in [0, 0.1) is 17.5 Å². The molecular weight excluding hydrogens is 247 g/mol. The van der Waals surface area contributed by atoms with E-state index in [1.165, 1.54) is 6.26 Å². The summed E-state index contributed by atoms with van der Waals surface area (Å²) in [5.41, 5.74) is 0.122. The minimum Gasteiger partial charge on any atom is -0.314 e. The highest BCUT2D eigenvalue weighted by atomic mass is 32.2. The summed E-state index contributed by atoms with van der Waals surface area (Å²) in [6.45, 7) is 0.889. The Labute approximate surface area is 103 Å². The lowest BCUT2D eigenvalue weighted by Gasteiger charge is -2.13. The zero-order valence-electron chi connectivity index (χ0n) is 9.53. The Morgan fingerprint density at radius 1 is 1.35 bits per heavy atom. The van der Waals surface area contributed by atoms with Crippen molar-refractivity contribution in [3.05, 3.63) is 29.1 Å². The standard InChI is InChI=1S/C12H14F3NS/c1-17-12-9(13)6-7(10(14)11(12)15)5-8-3-2-4-16-8/h6,8,16H,2-5H2,1H3. The zero-order valence-corrected chi connectivity index (χ0v) is 10.3. The smallest absolute Gasteiger partial charge is 0.175 e. The second-order valence-corrected chi connectivity index (χ2v) is 4.99. The van der Waals surface area contributed by atoms with Crippen LogP contribution in [0.5, 0.6) is 0 Å². The third-order valence-electron chi connectivity index (χ3n) is 3.02. The average Bonchev–Trinajstić information content (AvgIpc) is 2.79. The van der Waals surface area contributed by atoms with Gasteiger partial charge in [0.25, 0.3) is 0 Å². The van der Waals surface area contributed by atoms with Gasteiger partial charge in [-0.15, -0.1) is 11.8 Å². The van der Waals surface area contributed by atoms with Gasteiger partial charge in [0.1, 0.15) is 5.82 Å². The van der Waals surface area contributed by atoms with E-state index >= 15 is 0 Å². The number of halogens is 3. The Morgan fingerprint density at radius 3 is 2.71 bits per heavy atom. The van der Waals surface area contributed by atoms with Crippen molar-refractivity contribution in [3.63, 3.8) is 0 Å². The second kappa shape index (κ2) is 5.31. The van der Waals surface area contributed by atoms with E-state index in [9.17, 15) is 13.2 Å². The monoisotopic (exact) mass is 261 g/mol. The van der Waals surface area contributed by atoms with E-state index < -0.39 is 17.5 Å². The van der Waals surface area contributed by atoms with Crippen molar-refractivity contribution >= 4 is 11.8 Å². The van der Waals surface area contributed by atoms with Crippen molar-refractivity contribution in [2.24, 2.45) is 0 Å². The first-order chi connectivity index (χ1) is 8.13. The summed E-state index contributed by atoms with van der Waals surface area (Å²) in [5, 5.41) is 3.18. The molecule has 0 aliphatic carbocycles. The van der Waals surface area contributed by atoms with Crippen LogP contribution in [0.2, 0.25) is 0 Å². The first-order valence-electron chi connectivity index (χ1n) is 5.57. The van der Waals surface area contributed by atoms with Crippen molar-refractivity contribution in [3.8, 4) is 0 Å². The Hall–Kier alpha value is -0.680. The van der Waals surface area contributed by atoms with E-state index in [-0.39, 0.29) is 16.5 Å². The molecule has 5 heteroatoms. The Kier molecular flexibility index (Phi) is 3.99. The zero-order chi connectivity index (χ0) is 12.4. The minimum absolute atomic E-state index is 0.122. The molecule has 0 spiro atoms. The molecule has 1 atom stereocenters. The highest BCUT2D eigenvalue weighted by molar-refractivity contribution is 7.98. The van der Waals surface area contributed by atoms with Crippen molar-refractivity contribution in [2.45, 2.75) is 30.2 Å². The van der Waals surface area contributed by atoms with E-state index in [2.05, 4.69) is 5.32 Å². The SMILES string of the molecule is CSc1c(F)cc(CC2CCCN2)c(F)c1F. The van der Waals surface area contributed by atoms with Crippen molar-refractivity contribution in [2.75, 3.05) is 12.8 Å². The maximum atomic E-state index is 13.7. The molecule has 1 aromatic carbocycles. The molecule has 2 rings (SSSR count). The third kappa shape index (κ3) is 2.60. The van der Waals surface area contributed by atoms with Crippen molar-refractivity contribution in [1.29, 1.82) is 0 Å². The van der Waals surface area contributed by atoms with Crippen LogP contribution in [0.15, 0.2) is 11.0 Å². The number of rotatable bonds is 3. The maximum absolute atomic E-state index is 13.7. The van der Waals surface area contributed by atoms with Gasteiger partial charge in [0, 0.05) is 6.04 Å². The highest BCUT2D eigenvalue weighted by Crippen LogP contribution is 2.28. The summed E-state index contributed by atoms with van der Waals surface area (Å²) in [6, 6.07) is 1.24. The van der Waals surface area contributed by atoms with Crippen LogP contribution in [0.25, 0.3) is 0 Å². The lowest BCUT2D eigenvalue weighted by atomic mass is 10.0. The predicted octanol–water partition coefficient (Wildman–Crippen LogP) is 3.12. The molecule has 0 saturated carbocycles. The predicted molar refractivity (Wildman–Crippen MR) is 62.8 cm³/mol. The fourth-order valence-electron chi connectivity index (χ4n) is 2.16. The van der Waals surface area contributed by atoms with Crippen LogP contribution >= 0.6 is 11.8 Å². The van der Waals surface area contributed by atoms with Gasteiger partial charge in [0.15, 0.2) is 11.6 Å². The molecule has 1 nitrogen and oxygen atoms in total. The van der Waals surface area contributed by atoms with Crippen LogP contribution in [0.4, 0.5) is 13.2 Å². The van der Waals surface area contributed by atoms with Crippen LogP contribution < -0.4 is 5.32 Å². The molecule has 1 aliphatic heterocycles. The van der Waals surface area contributed by atoms with Crippen LogP contribution in [-0.2, 0) is 6.42 Å². The van der Waals surface area contributed by atoms with E-state index in [1.807, 2.05) is 0 Å². The first kappa shape index (κ1) is 12.8. The molecule has 0 radical (unpaired) electrons. The lowest BCUT2D eigenvalue weighted by Crippen LogP contribution is -2.24. The van der Waals surface area contributed by atoms with Gasteiger partial charge in [-0.3, -0.25) is 0 Å². The fraction of sp³-hybridized carbons (Fsp3) is 0.500. The number of hydrogen-bond acceptors (Lipinski definition) is 2. The molecule has 94 valence electrons. The van der Waals surface area contributed by atoms with Gasteiger partial charge in [-0.1, -0.05) is 0 Å². The van der Waals surface area contributed by atoms with Gasteiger partial charge < -0.3 is 5.32 Å². The second-order valence-electron chi connectivity index (χ2n) is 4.18. The van der Waals surface area contributed by atoms with Crippen LogP contribution in [-0.4, -0.2) is 18.8 Å². The summed E-state index contributed by atoms with van der Waals surface area (Å²) in [5.74, 6) is -2.65. The summed E-state index contributed by atoms with van der Waals surface area (Å²) in [4.78, 5) is -0.245. The van der Waals surface area contributed by atoms with Crippen molar-refractivity contribution < 1.29 is 13.2 Å². The Morgan fingerprint density at radius 2 is 2.12 bits per heavy atom. The molecule has 1 unspecified atom stereocenters. The van der Waals surface area contributed by atoms with Gasteiger partial charge in [-0.05, 0) is 43.7 Å². The summed E-state index contributed by atoms with van der Waals surface area (Å²) in [7, 11) is 0. The molecular formula is C12H14F3NS. The number of hydrogen-bond donors (Lipinski definition) is 1. The maximum Gasteiger partial charge on any atom is 0.175 e. The summed E-state index contributed by atoms with van der Waals surface area (Å²) >= 11 is 0.882. The molecule has 1 saturated heterocycles.